The molecule has 2 heteroatoms. The van der Waals surface area contributed by atoms with Crippen LogP contribution in [0.2, 0.25) is 0 Å². The normalized spacial score (nSPS) is 11.0. The Balaban J connectivity index is 1.97. The van der Waals surface area contributed by atoms with E-state index < -0.39 is 0 Å². The molecule has 0 amide bonds. The summed E-state index contributed by atoms with van der Waals surface area (Å²) < 4.78 is 0. The number of aromatic amines is 1. The van der Waals surface area contributed by atoms with E-state index in [9.17, 15) is 0 Å². The largest absolute Gasteiger partial charge is 0.358 e. The number of hydrogen-bond donors (Lipinski definition) is 1. The molecule has 1 nitrogen and oxygen atoms in total. The second-order valence-corrected chi connectivity index (χ2v) is 4.67. The number of hydrogen-bond acceptors (Lipinski definition) is 0. The highest BCUT2D eigenvalue weighted by Gasteiger charge is 1.99. The molecule has 1 N–H and O–H groups in total. The quantitative estimate of drug-likeness (QED) is 0.614. The van der Waals surface area contributed by atoms with Gasteiger partial charge in [0.05, 0.1) is 0 Å². The molecule has 0 bridgehead atoms. The third kappa shape index (κ3) is 2.85. The first-order valence-electron chi connectivity index (χ1n) is 5.53. The number of benzene rings is 1. The van der Waals surface area contributed by atoms with Crippen LogP contribution in [-0.2, 0) is 6.42 Å². The summed E-state index contributed by atoms with van der Waals surface area (Å²) in [5.41, 5.74) is 2.62. The zero-order valence-corrected chi connectivity index (χ0v) is 10.4. The van der Waals surface area contributed by atoms with Crippen molar-refractivity contribution in [1.82, 2.24) is 4.98 Å². The van der Waals surface area contributed by atoms with E-state index in [4.69, 9.17) is 0 Å². The molecular weight excluding hydrogens is 250 g/mol. The summed E-state index contributed by atoms with van der Waals surface area (Å²) in [6.45, 7) is 0. The minimum absolute atomic E-state index is 1.12. The number of halogens is 1. The zero-order chi connectivity index (χ0) is 10.5. The lowest BCUT2D eigenvalue weighted by Gasteiger charge is -1.96. The van der Waals surface area contributed by atoms with Crippen LogP contribution < -0.4 is 0 Å². The number of fused-ring (bicyclic) bond motifs is 1. The van der Waals surface area contributed by atoms with E-state index in [2.05, 4.69) is 51.2 Å². The Morgan fingerprint density at radius 3 is 2.73 bits per heavy atom. The van der Waals surface area contributed by atoms with Crippen molar-refractivity contribution in [2.75, 3.05) is 5.33 Å². The number of aromatic nitrogens is 1. The number of nitrogens with one attached hydrogen (secondary N) is 1. The van der Waals surface area contributed by atoms with Gasteiger partial charge in [-0.3, -0.25) is 0 Å². The molecule has 1 aromatic heterocycles. The van der Waals surface area contributed by atoms with Crippen LogP contribution in [0.3, 0.4) is 0 Å². The molecule has 0 spiro atoms. The van der Waals surface area contributed by atoms with Gasteiger partial charge in [0.15, 0.2) is 0 Å². The molecule has 0 saturated carbocycles. The van der Waals surface area contributed by atoms with E-state index in [0.29, 0.717) is 0 Å². The van der Waals surface area contributed by atoms with Gasteiger partial charge in [0.2, 0.25) is 0 Å². The smallest absolute Gasteiger partial charge is 0.0456 e. The van der Waals surface area contributed by atoms with Crippen LogP contribution in [0.25, 0.3) is 10.9 Å². The molecule has 0 aliphatic carbocycles. The minimum Gasteiger partial charge on any atom is -0.358 e. The number of H-pyrrole nitrogens is 1. The SMILES string of the molecule is BrCCCCCc1cc2ccccc2[nH]1. The summed E-state index contributed by atoms with van der Waals surface area (Å²) in [6.07, 6.45) is 5.03. The van der Waals surface area contributed by atoms with Crippen LogP contribution in [0.15, 0.2) is 30.3 Å². The molecule has 15 heavy (non-hydrogen) atoms. The lowest BCUT2D eigenvalue weighted by Crippen LogP contribution is -1.85. The van der Waals surface area contributed by atoms with Gasteiger partial charge in [-0.1, -0.05) is 40.5 Å². The molecule has 0 aliphatic rings. The standard InChI is InChI=1S/C13H16BrN/c14-9-5-1-2-7-12-10-11-6-3-4-8-13(11)15-12/h3-4,6,8,10,15H,1-2,5,7,9H2. The van der Waals surface area contributed by atoms with Crippen LogP contribution in [0, 0.1) is 0 Å². The lowest BCUT2D eigenvalue weighted by atomic mass is 10.1. The molecule has 0 unspecified atom stereocenters. The monoisotopic (exact) mass is 265 g/mol. The Morgan fingerprint density at radius 2 is 1.93 bits per heavy atom. The second-order valence-electron chi connectivity index (χ2n) is 3.88. The first kappa shape index (κ1) is 10.7. The average Bonchev–Trinajstić information content (AvgIpc) is 2.67. The van der Waals surface area contributed by atoms with E-state index in [1.165, 1.54) is 42.3 Å². The molecule has 0 atom stereocenters. The summed E-state index contributed by atoms with van der Waals surface area (Å²) in [5, 5.41) is 2.45. The van der Waals surface area contributed by atoms with Gasteiger partial charge in [-0.25, -0.2) is 0 Å². The Labute approximate surface area is 99.0 Å². The Kier molecular flexibility index (Phi) is 3.84. The number of para-hydroxylation sites is 1. The maximum Gasteiger partial charge on any atom is 0.0456 e. The number of aryl methyl sites for hydroxylation is 1. The minimum atomic E-state index is 1.12. The summed E-state index contributed by atoms with van der Waals surface area (Å²) >= 11 is 3.46. The fourth-order valence-corrected chi connectivity index (χ4v) is 2.25. The van der Waals surface area contributed by atoms with Crippen molar-refractivity contribution >= 4 is 26.8 Å². The van der Waals surface area contributed by atoms with Crippen molar-refractivity contribution < 1.29 is 0 Å². The highest BCUT2D eigenvalue weighted by molar-refractivity contribution is 9.09. The van der Waals surface area contributed by atoms with Crippen molar-refractivity contribution in [3.05, 3.63) is 36.0 Å². The van der Waals surface area contributed by atoms with Crippen molar-refractivity contribution in [3.63, 3.8) is 0 Å². The van der Waals surface area contributed by atoms with Gasteiger partial charge in [0.25, 0.3) is 0 Å². The Hall–Kier alpha value is -0.760. The first-order valence-corrected chi connectivity index (χ1v) is 6.65. The van der Waals surface area contributed by atoms with Gasteiger partial charge in [-0.05, 0) is 36.8 Å². The predicted molar refractivity (Wildman–Crippen MR) is 69.6 cm³/mol. The summed E-state index contributed by atoms with van der Waals surface area (Å²) in [6, 6.07) is 10.7. The average molecular weight is 266 g/mol. The number of alkyl halides is 1. The van der Waals surface area contributed by atoms with Crippen molar-refractivity contribution in [2.24, 2.45) is 0 Å². The number of unbranched alkanes of at least 4 members (excludes halogenated alkanes) is 2. The molecular formula is C13H16BrN. The first-order chi connectivity index (χ1) is 7.40. The molecule has 0 radical (unpaired) electrons. The topological polar surface area (TPSA) is 15.8 Å². The van der Waals surface area contributed by atoms with Crippen molar-refractivity contribution in [2.45, 2.75) is 25.7 Å². The molecule has 1 heterocycles. The van der Waals surface area contributed by atoms with Gasteiger partial charge in [-0.2, -0.15) is 0 Å². The molecule has 2 aromatic rings. The van der Waals surface area contributed by atoms with Crippen LogP contribution in [-0.4, -0.2) is 10.3 Å². The Bertz CT molecular complexity index is 386. The summed E-state index contributed by atoms with van der Waals surface area (Å²) in [4.78, 5) is 3.46. The van der Waals surface area contributed by atoms with E-state index in [-0.39, 0.29) is 0 Å². The third-order valence-electron chi connectivity index (χ3n) is 2.67. The predicted octanol–water partition coefficient (Wildman–Crippen LogP) is 4.28. The third-order valence-corrected chi connectivity index (χ3v) is 3.23. The van der Waals surface area contributed by atoms with E-state index in [0.717, 1.165) is 5.33 Å². The maximum atomic E-state index is 3.46. The molecule has 0 saturated heterocycles. The van der Waals surface area contributed by atoms with E-state index in [1.807, 2.05) is 0 Å². The summed E-state index contributed by atoms with van der Waals surface area (Å²) in [5.74, 6) is 0. The van der Waals surface area contributed by atoms with Gasteiger partial charge >= 0.3 is 0 Å². The fourth-order valence-electron chi connectivity index (χ4n) is 1.85. The van der Waals surface area contributed by atoms with Gasteiger partial charge < -0.3 is 4.98 Å². The van der Waals surface area contributed by atoms with Gasteiger partial charge in [-0.15, -0.1) is 0 Å². The van der Waals surface area contributed by atoms with E-state index >= 15 is 0 Å². The highest BCUT2D eigenvalue weighted by atomic mass is 79.9. The highest BCUT2D eigenvalue weighted by Crippen LogP contribution is 2.16. The molecule has 1 aromatic carbocycles. The molecule has 80 valence electrons. The lowest BCUT2D eigenvalue weighted by molar-refractivity contribution is 0.717. The van der Waals surface area contributed by atoms with Crippen LogP contribution in [0.1, 0.15) is 25.0 Å². The zero-order valence-electron chi connectivity index (χ0n) is 8.80. The number of rotatable bonds is 5. The second kappa shape index (κ2) is 5.36. The molecule has 0 fully saturated rings. The molecule has 0 aliphatic heterocycles. The van der Waals surface area contributed by atoms with Crippen molar-refractivity contribution in [3.8, 4) is 0 Å². The maximum absolute atomic E-state index is 3.46. The van der Waals surface area contributed by atoms with Crippen LogP contribution >= 0.6 is 15.9 Å². The summed E-state index contributed by atoms with van der Waals surface area (Å²) in [7, 11) is 0. The molecule has 2 rings (SSSR count). The van der Waals surface area contributed by atoms with E-state index in [1.54, 1.807) is 0 Å². The van der Waals surface area contributed by atoms with Crippen molar-refractivity contribution in [1.29, 1.82) is 0 Å². The van der Waals surface area contributed by atoms with Crippen LogP contribution in [0.5, 0.6) is 0 Å². The van der Waals surface area contributed by atoms with Crippen LogP contribution in [0.4, 0.5) is 0 Å². The van der Waals surface area contributed by atoms with Gasteiger partial charge in [0.1, 0.15) is 0 Å². The fraction of sp³-hybridized carbons (Fsp3) is 0.385. The Morgan fingerprint density at radius 1 is 1.07 bits per heavy atom. The van der Waals surface area contributed by atoms with Gasteiger partial charge in [0, 0.05) is 16.5 Å².